The van der Waals surface area contributed by atoms with Crippen molar-refractivity contribution < 1.29 is 12.8 Å². The van der Waals surface area contributed by atoms with Crippen molar-refractivity contribution in [2.24, 2.45) is 0 Å². The van der Waals surface area contributed by atoms with Crippen molar-refractivity contribution in [3.05, 3.63) is 57.5 Å². The second kappa shape index (κ2) is 5.05. The standard InChI is InChI=1S/C13H9BrN2O4S/c14-9-3-1-2-4-10(9)16-21(18,19)8-5-6-11-12(7-8)20-13(17)15-11/h1-7,16H,(H,15,17). The van der Waals surface area contributed by atoms with Gasteiger partial charge in [0.15, 0.2) is 5.58 Å². The number of rotatable bonds is 3. The fourth-order valence-electron chi connectivity index (χ4n) is 1.84. The average molecular weight is 369 g/mol. The van der Waals surface area contributed by atoms with Crippen LogP contribution in [0.3, 0.4) is 0 Å². The molecule has 0 amide bonds. The largest absolute Gasteiger partial charge is 0.417 e. The van der Waals surface area contributed by atoms with Crippen molar-refractivity contribution in [1.29, 1.82) is 0 Å². The normalized spacial score (nSPS) is 11.7. The highest BCUT2D eigenvalue weighted by atomic mass is 79.9. The lowest BCUT2D eigenvalue weighted by Crippen LogP contribution is -2.13. The van der Waals surface area contributed by atoms with Gasteiger partial charge >= 0.3 is 5.76 Å². The quantitative estimate of drug-likeness (QED) is 0.743. The molecule has 0 fully saturated rings. The first kappa shape index (κ1) is 13.9. The number of anilines is 1. The maximum absolute atomic E-state index is 12.3. The minimum Gasteiger partial charge on any atom is -0.408 e. The molecule has 8 heteroatoms. The number of fused-ring (bicyclic) bond motifs is 1. The zero-order valence-corrected chi connectivity index (χ0v) is 12.9. The smallest absolute Gasteiger partial charge is 0.408 e. The molecule has 0 aliphatic carbocycles. The van der Waals surface area contributed by atoms with Crippen molar-refractivity contribution in [1.82, 2.24) is 4.98 Å². The van der Waals surface area contributed by atoms with Gasteiger partial charge in [0, 0.05) is 10.5 Å². The second-order valence-corrected chi connectivity index (χ2v) is 6.79. The molecule has 108 valence electrons. The summed E-state index contributed by atoms with van der Waals surface area (Å²) in [4.78, 5) is 13.6. The molecule has 0 atom stereocenters. The van der Waals surface area contributed by atoms with Crippen LogP contribution in [0.2, 0.25) is 0 Å². The summed E-state index contributed by atoms with van der Waals surface area (Å²) in [5.41, 5.74) is 1.06. The van der Waals surface area contributed by atoms with Crippen LogP contribution in [0.5, 0.6) is 0 Å². The van der Waals surface area contributed by atoms with Crippen LogP contribution in [0, 0.1) is 0 Å². The average Bonchev–Trinajstić information content (AvgIpc) is 2.80. The molecular weight excluding hydrogens is 360 g/mol. The summed E-state index contributed by atoms with van der Waals surface area (Å²) in [6.07, 6.45) is 0. The summed E-state index contributed by atoms with van der Waals surface area (Å²) in [7, 11) is -3.77. The number of aromatic amines is 1. The summed E-state index contributed by atoms with van der Waals surface area (Å²) in [6, 6.07) is 11.0. The van der Waals surface area contributed by atoms with Gasteiger partial charge < -0.3 is 4.42 Å². The fraction of sp³-hybridized carbons (Fsp3) is 0. The first-order valence-electron chi connectivity index (χ1n) is 5.86. The van der Waals surface area contributed by atoms with E-state index in [0.29, 0.717) is 15.7 Å². The maximum atomic E-state index is 12.3. The van der Waals surface area contributed by atoms with Gasteiger partial charge in [-0.1, -0.05) is 12.1 Å². The van der Waals surface area contributed by atoms with E-state index in [2.05, 4.69) is 25.6 Å². The Morgan fingerprint density at radius 1 is 1.14 bits per heavy atom. The number of nitrogens with one attached hydrogen (secondary N) is 2. The van der Waals surface area contributed by atoms with E-state index in [-0.39, 0.29) is 10.5 Å². The predicted octanol–water partition coefficient (Wildman–Crippen LogP) is 2.68. The second-order valence-electron chi connectivity index (χ2n) is 4.26. The summed E-state index contributed by atoms with van der Waals surface area (Å²) in [6.45, 7) is 0. The van der Waals surface area contributed by atoms with Crippen molar-refractivity contribution in [3.63, 3.8) is 0 Å². The Morgan fingerprint density at radius 3 is 2.67 bits per heavy atom. The highest BCUT2D eigenvalue weighted by Gasteiger charge is 2.17. The van der Waals surface area contributed by atoms with E-state index in [1.54, 1.807) is 24.3 Å². The monoisotopic (exact) mass is 368 g/mol. The topological polar surface area (TPSA) is 92.2 Å². The van der Waals surface area contributed by atoms with Crippen LogP contribution in [0.1, 0.15) is 0 Å². The Bertz CT molecular complexity index is 975. The molecule has 0 saturated carbocycles. The van der Waals surface area contributed by atoms with Gasteiger partial charge in [-0.05, 0) is 40.2 Å². The first-order valence-corrected chi connectivity index (χ1v) is 8.13. The molecule has 0 spiro atoms. The van der Waals surface area contributed by atoms with Gasteiger partial charge in [-0.15, -0.1) is 0 Å². The van der Waals surface area contributed by atoms with Crippen molar-refractivity contribution in [2.45, 2.75) is 4.90 Å². The highest BCUT2D eigenvalue weighted by molar-refractivity contribution is 9.10. The lowest BCUT2D eigenvalue weighted by Gasteiger charge is -2.09. The van der Waals surface area contributed by atoms with E-state index < -0.39 is 15.8 Å². The molecule has 6 nitrogen and oxygen atoms in total. The molecule has 0 aliphatic heterocycles. The van der Waals surface area contributed by atoms with E-state index in [9.17, 15) is 13.2 Å². The van der Waals surface area contributed by atoms with Crippen LogP contribution in [-0.2, 0) is 10.0 Å². The van der Waals surface area contributed by atoms with E-state index in [1.807, 2.05) is 0 Å². The van der Waals surface area contributed by atoms with E-state index in [1.165, 1.54) is 18.2 Å². The molecule has 0 aliphatic rings. The minimum absolute atomic E-state index is 0.00787. The molecule has 0 bridgehead atoms. The molecular formula is C13H9BrN2O4S. The minimum atomic E-state index is -3.77. The van der Waals surface area contributed by atoms with Gasteiger partial charge in [0.05, 0.1) is 16.1 Å². The Hall–Kier alpha value is -2.06. The fourth-order valence-corrected chi connectivity index (χ4v) is 3.45. The number of benzene rings is 2. The van der Waals surface area contributed by atoms with Crippen LogP contribution in [0.15, 0.2) is 61.0 Å². The lowest BCUT2D eigenvalue weighted by molar-refractivity contribution is 0.554. The third kappa shape index (κ3) is 2.72. The summed E-state index contributed by atoms with van der Waals surface area (Å²) in [5, 5.41) is 0. The predicted molar refractivity (Wildman–Crippen MR) is 81.8 cm³/mol. The number of H-pyrrole nitrogens is 1. The maximum Gasteiger partial charge on any atom is 0.417 e. The van der Waals surface area contributed by atoms with E-state index in [4.69, 9.17) is 4.42 Å². The third-order valence-electron chi connectivity index (χ3n) is 2.82. The molecule has 3 aromatic rings. The van der Waals surface area contributed by atoms with Crippen LogP contribution in [0.25, 0.3) is 11.1 Å². The van der Waals surface area contributed by atoms with Gasteiger partial charge in [0.1, 0.15) is 0 Å². The number of para-hydroxylation sites is 1. The summed E-state index contributed by atoms with van der Waals surface area (Å²) in [5.74, 6) is -0.627. The SMILES string of the molecule is O=c1[nH]c2ccc(S(=O)(=O)Nc3ccccc3Br)cc2o1. The molecule has 1 heterocycles. The highest BCUT2D eigenvalue weighted by Crippen LogP contribution is 2.25. The number of aromatic nitrogens is 1. The number of oxazole rings is 1. The lowest BCUT2D eigenvalue weighted by atomic mass is 10.3. The van der Waals surface area contributed by atoms with E-state index >= 15 is 0 Å². The Balaban J connectivity index is 2.03. The molecule has 1 aromatic heterocycles. The molecule has 0 saturated heterocycles. The number of sulfonamides is 1. The Morgan fingerprint density at radius 2 is 1.90 bits per heavy atom. The molecule has 0 radical (unpaired) electrons. The van der Waals surface area contributed by atoms with Crippen molar-refractivity contribution >= 4 is 42.7 Å². The molecule has 3 rings (SSSR count). The van der Waals surface area contributed by atoms with E-state index in [0.717, 1.165) is 0 Å². The van der Waals surface area contributed by atoms with Crippen molar-refractivity contribution in [2.75, 3.05) is 4.72 Å². The first-order chi connectivity index (χ1) is 9.95. The molecule has 2 aromatic carbocycles. The third-order valence-corrected chi connectivity index (χ3v) is 4.88. The van der Waals surface area contributed by atoms with Gasteiger partial charge in [-0.25, -0.2) is 13.2 Å². The van der Waals surface area contributed by atoms with Gasteiger partial charge in [-0.3, -0.25) is 9.71 Å². The number of hydrogen-bond acceptors (Lipinski definition) is 4. The van der Waals surface area contributed by atoms with Crippen LogP contribution < -0.4 is 10.5 Å². The number of halogens is 1. The summed E-state index contributed by atoms with van der Waals surface area (Å²) < 4.78 is 32.6. The molecule has 2 N–H and O–H groups in total. The van der Waals surface area contributed by atoms with Crippen molar-refractivity contribution in [3.8, 4) is 0 Å². The summed E-state index contributed by atoms with van der Waals surface area (Å²) >= 11 is 3.27. The van der Waals surface area contributed by atoms with Crippen LogP contribution in [-0.4, -0.2) is 13.4 Å². The zero-order chi connectivity index (χ0) is 15.0. The Labute approximate surface area is 128 Å². The van der Waals surface area contributed by atoms with Gasteiger partial charge in [0.25, 0.3) is 10.0 Å². The zero-order valence-electron chi connectivity index (χ0n) is 10.5. The van der Waals surface area contributed by atoms with Crippen LogP contribution in [0.4, 0.5) is 5.69 Å². The number of hydrogen-bond donors (Lipinski definition) is 2. The van der Waals surface area contributed by atoms with Crippen LogP contribution >= 0.6 is 15.9 Å². The molecule has 0 unspecified atom stereocenters. The van der Waals surface area contributed by atoms with Gasteiger partial charge in [-0.2, -0.15) is 0 Å². The molecule has 21 heavy (non-hydrogen) atoms. The Kier molecular flexibility index (Phi) is 3.34. The van der Waals surface area contributed by atoms with Gasteiger partial charge in [0.2, 0.25) is 0 Å².